The summed E-state index contributed by atoms with van der Waals surface area (Å²) in [7, 11) is 0. The van der Waals surface area contributed by atoms with Gasteiger partial charge in [-0.1, -0.05) is 49.8 Å². The molecule has 0 spiro atoms. The molecule has 5 aliphatic heterocycles. The minimum Gasteiger partial charge on any atom is -0.490 e. The summed E-state index contributed by atoms with van der Waals surface area (Å²) in [6.07, 6.45) is 11.7. The van der Waals surface area contributed by atoms with Gasteiger partial charge in [0.1, 0.15) is 24.0 Å². The lowest BCUT2D eigenvalue weighted by atomic mass is 9.98. The third-order valence-electron chi connectivity index (χ3n) is 13.1. The number of imide groups is 2. The first-order valence-corrected chi connectivity index (χ1v) is 22.4. The quantitative estimate of drug-likeness (QED) is 0.116. The largest absolute Gasteiger partial charge is 0.490 e. The van der Waals surface area contributed by atoms with Gasteiger partial charge in [-0.05, 0) is 87.2 Å². The van der Waals surface area contributed by atoms with Crippen molar-refractivity contribution in [2.75, 3.05) is 49.5 Å². The zero-order valence-corrected chi connectivity index (χ0v) is 35.3. The number of piperazine rings is 1. The van der Waals surface area contributed by atoms with Crippen molar-refractivity contribution in [2.24, 2.45) is 0 Å². The summed E-state index contributed by atoms with van der Waals surface area (Å²) < 4.78 is 6.27. The Bertz CT molecular complexity index is 2170. The van der Waals surface area contributed by atoms with Crippen LogP contribution in [0, 0.1) is 11.3 Å². The van der Waals surface area contributed by atoms with E-state index in [-0.39, 0.29) is 48.4 Å². The van der Waals surface area contributed by atoms with Crippen LogP contribution in [0.3, 0.4) is 0 Å². The number of hydrogen-bond acceptors (Lipinski definition) is 10. The van der Waals surface area contributed by atoms with Crippen LogP contribution in [0.15, 0.2) is 60.7 Å². The highest BCUT2D eigenvalue weighted by Gasteiger charge is 2.46. The summed E-state index contributed by atoms with van der Waals surface area (Å²) in [5.41, 5.74) is 3.53. The van der Waals surface area contributed by atoms with Crippen LogP contribution in [0.1, 0.15) is 120 Å². The van der Waals surface area contributed by atoms with Crippen molar-refractivity contribution in [1.82, 2.24) is 20.0 Å². The number of fused-ring (bicyclic) bond motifs is 3. The van der Waals surface area contributed by atoms with Crippen LogP contribution in [-0.2, 0) is 9.59 Å². The monoisotopic (exact) mass is 847 g/mol. The van der Waals surface area contributed by atoms with Gasteiger partial charge < -0.3 is 19.9 Å². The number of halogens is 1. The van der Waals surface area contributed by atoms with E-state index in [0.717, 1.165) is 93.8 Å². The van der Waals surface area contributed by atoms with E-state index in [1.165, 1.54) is 25.7 Å². The number of amides is 5. The number of hydrogen-bond donors (Lipinski definition) is 2. The first kappa shape index (κ1) is 42.2. The maximum Gasteiger partial charge on any atom is 0.264 e. The Morgan fingerprint density at radius 3 is 2.23 bits per heavy atom. The third kappa shape index (κ3) is 9.41. The van der Waals surface area contributed by atoms with Gasteiger partial charge in [0, 0.05) is 87.1 Å². The van der Waals surface area contributed by atoms with E-state index in [0.29, 0.717) is 34.1 Å². The van der Waals surface area contributed by atoms with E-state index < -0.39 is 23.8 Å². The zero-order chi connectivity index (χ0) is 42.5. The minimum atomic E-state index is -0.970. The van der Waals surface area contributed by atoms with Gasteiger partial charge in [-0.3, -0.25) is 39.1 Å². The molecule has 0 radical (unpaired) electrons. The molecule has 5 aliphatic rings. The number of ether oxygens (including phenoxy) is 1. The van der Waals surface area contributed by atoms with Gasteiger partial charge in [-0.2, -0.15) is 5.26 Å². The van der Waals surface area contributed by atoms with Crippen LogP contribution in [0.4, 0.5) is 11.4 Å². The van der Waals surface area contributed by atoms with Crippen LogP contribution in [-0.4, -0.2) is 108 Å². The Balaban J connectivity index is 0.686. The van der Waals surface area contributed by atoms with Gasteiger partial charge in [-0.25, -0.2) is 0 Å². The van der Waals surface area contributed by atoms with E-state index in [9.17, 15) is 29.2 Å². The van der Waals surface area contributed by atoms with E-state index in [2.05, 4.69) is 43.5 Å². The maximum absolute atomic E-state index is 13.7. The Labute approximate surface area is 362 Å². The van der Waals surface area contributed by atoms with Crippen molar-refractivity contribution < 1.29 is 28.7 Å². The average molecular weight is 848 g/mol. The molecule has 5 heterocycles. The fourth-order valence-electron chi connectivity index (χ4n) is 9.83. The molecule has 5 amide bonds. The molecule has 8 rings (SSSR count). The lowest BCUT2D eigenvalue weighted by Gasteiger charge is -2.39. The van der Waals surface area contributed by atoms with Gasteiger partial charge in [-0.15, -0.1) is 0 Å². The number of unbranched alkanes of at least 4 members (excludes halogenated alkanes) is 6. The summed E-state index contributed by atoms with van der Waals surface area (Å²) in [5, 5.41) is 15.1. The van der Waals surface area contributed by atoms with Crippen molar-refractivity contribution in [2.45, 2.75) is 108 Å². The summed E-state index contributed by atoms with van der Waals surface area (Å²) in [4.78, 5) is 72.2. The molecular weight excluding hydrogens is 794 g/mol. The fourth-order valence-corrected chi connectivity index (χ4v) is 10.0. The molecule has 0 saturated carbocycles. The number of rotatable bonds is 16. The number of benzene rings is 3. The molecular formula is C47H54ClN7O6. The Kier molecular flexibility index (Phi) is 13.2. The second-order valence-electron chi connectivity index (χ2n) is 17.0. The first-order valence-electron chi connectivity index (χ1n) is 22.0. The van der Waals surface area contributed by atoms with Crippen LogP contribution in [0.5, 0.6) is 5.75 Å². The van der Waals surface area contributed by atoms with Crippen molar-refractivity contribution >= 4 is 52.5 Å². The molecule has 2 unspecified atom stereocenters. The van der Waals surface area contributed by atoms with Crippen LogP contribution >= 0.6 is 11.6 Å². The van der Waals surface area contributed by atoms with Crippen LogP contribution < -0.4 is 20.3 Å². The van der Waals surface area contributed by atoms with Crippen molar-refractivity contribution in [1.29, 1.82) is 5.26 Å². The summed E-state index contributed by atoms with van der Waals surface area (Å²) >= 11 is 6.22. The second-order valence-corrected chi connectivity index (χ2v) is 17.4. The highest BCUT2D eigenvalue weighted by atomic mass is 35.5. The van der Waals surface area contributed by atoms with Crippen LogP contribution in [0.2, 0.25) is 5.02 Å². The van der Waals surface area contributed by atoms with Gasteiger partial charge in [0.15, 0.2) is 0 Å². The molecule has 4 saturated heterocycles. The SMILES string of the molecule is N#Cc1ccc(OC2C[C@H]3CC[C@@H](C2)N3C(=O)c2ccc(N3CCN(CCCCCCCCCNc4cccc5c4C(=O)N(C4CCC(=O)NC4=O)C5=O)CC3)cc2)cc1Cl. The number of nitrogens with zero attached hydrogens (tertiary/aromatic N) is 5. The number of carbonyl (C=O) groups is 5. The zero-order valence-electron chi connectivity index (χ0n) is 34.6. The Morgan fingerprint density at radius 1 is 0.836 bits per heavy atom. The van der Waals surface area contributed by atoms with E-state index in [1.54, 1.807) is 36.4 Å². The minimum absolute atomic E-state index is 0.0116. The van der Waals surface area contributed by atoms with E-state index in [4.69, 9.17) is 16.3 Å². The number of nitrogens with one attached hydrogen (secondary N) is 2. The molecule has 3 aromatic rings. The number of anilines is 2. The summed E-state index contributed by atoms with van der Waals surface area (Å²) in [6.45, 7) is 5.79. The molecule has 0 aliphatic carbocycles. The van der Waals surface area contributed by atoms with Gasteiger partial charge >= 0.3 is 0 Å². The van der Waals surface area contributed by atoms with Gasteiger partial charge in [0.25, 0.3) is 17.7 Å². The fraction of sp³-hybridized carbons (Fsp3) is 0.489. The standard InChI is InChI=1S/C47H54ClN7O6/c48-39-29-36(18-13-32(39)30-49)61-37-27-34-16-17-35(28-37)54(34)45(58)31-11-14-33(15-12-31)53-25-23-52(24-26-53)22-7-5-3-1-2-4-6-21-50-40-10-8-9-38-43(40)47(60)55(46(38)59)41-19-20-42(56)51-44(41)57/h8-15,18,29,34-35,37,41,50H,1-7,16-17,19-28H2,(H,51,56,57)/t34-,35+,37?,41?. The number of piperidine rings is 2. The van der Waals surface area contributed by atoms with Crippen molar-refractivity contribution in [3.8, 4) is 11.8 Å². The molecule has 3 aromatic carbocycles. The van der Waals surface area contributed by atoms with Crippen molar-refractivity contribution in [3.05, 3.63) is 87.9 Å². The molecule has 320 valence electrons. The predicted molar refractivity (Wildman–Crippen MR) is 232 cm³/mol. The van der Waals surface area contributed by atoms with E-state index in [1.807, 2.05) is 12.1 Å². The smallest absolute Gasteiger partial charge is 0.264 e. The molecule has 4 fully saturated rings. The first-order chi connectivity index (χ1) is 29.7. The van der Waals surface area contributed by atoms with Crippen LogP contribution in [0.25, 0.3) is 0 Å². The molecule has 13 nitrogen and oxygen atoms in total. The summed E-state index contributed by atoms with van der Waals surface area (Å²) in [5.74, 6) is -1.21. The highest BCUT2D eigenvalue weighted by molar-refractivity contribution is 6.31. The normalized spacial score (nSPS) is 22.6. The molecule has 0 aromatic heterocycles. The average Bonchev–Trinajstić information content (AvgIpc) is 3.68. The van der Waals surface area contributed by atoms with Gasteiger partial charge in [0.2, 0.25) is 11.8 Å². The summed E-state index contributed by atoms with van der Waals surface area (Å²) in [6, 6.07) is 19.9. The Hall–Kier alpha value is -5.45. The topological polar surface area (TPSA) is 155 Å². The number of carbonyl (C=O) groups excluding carboxylic acids is 5. The highest BCUT2D eigenvalue weighted by Crippen LogP contribution is 2.39. The molecule has 2 N–H and O–H groups in total. The molecule has 14 heteroatoms. The second kappa shape index (κ2) is 19.1. The number of nitriles is 1. The molecule has 2 bridgehead atoms. The van der Waals surface area contributed by atoms with E-state index >= 15 is 0 Å². The third-order valence-corrected chi connectivity index (χ3v) is 13.4. The predicted octanol–water partition coefficient (Wildman–Crippen LogP) is 6.79. The molecule has 61 heavy (non-hydrogen) atoms. The van der Waals surface area contributed by atoms with Gasteiger partial charge in [0.05, 0.1) is 21.7 Å². The van der Waals surface area contributed by atoms with Crippen molar-refractivity contribution in [3.63, 3.8) is 0 Å². The Morgan fingerprint density at radius 2 is 1.54 bits per heavy atom. The lowest BCUT2D eigenvalue weighted by molar-refractivity contribution is -0.136. The molecule has 4 atom stereocenters. The maximum atomic E-state index is 13.7. The lowest BCUT2D eigenvalue weighted by Crippen LogP contribution is -2.54.